The normalized spacial score (nSPS) is 10.6. The lowest BCUT2D eigenvalue weighted by Gasteiger charge is -2.05. The molecule has 1 heterocycles. The molecule has 1 N–H and O–H groups in total. The van der Waals surface area contributed by atoms with Crippen molar-refractivity contribution in [2.45, 2.75) is 13.3 Å². The third-order valence-electron chi connectivity index (χ3n) is 3.11. The molecule has 0 amide bonds. The van der Waals surface area contributed by atoms with Crippen LogP contribution in [-0.4, -0.2) is 33.2 Å². The lowest BCUT2D eigenvalue weighted by atomic mass is 10.0. The minimum Gasteiger partial charge on any atom is -0.493 e. The van der Waals surface area contributed by atoms with Crippen molar-refractivity contribution in [3.8, 4) is 5.88 Å². The van der Waals surface area contributed by atoms with Gasteiger partial charge in [0.05, 0.1) is 23.7 Å². The Balaban J connectivity index is 2.45. The number of benzene rings is 1. The summed E-state index contributed by atoms with van der Waals surface area (Å²) in [6.07, 6.45) is -0.228. The molecule has 8 heteroatoms. The zero-order valence-corrected chi connectivity index (χ0v) is 14.0. The summed E-state index contributed by atoms with van der Waals surface area (Å²) in [5.74, 6) is -1.43. The molecular weight excluding hydrogens is 343 g/mol. The van der Waals surface area contributed by atoms with Gasteiger partial charge in [-0.05, 0) is 25.1 Å². The molecule has 0 aliphatic carbocycles. The van der Waals surface area contributed by atoms with Crippen LogP contribution in [0.25, 0.3) is 0 Å². The van der Waals surface area contributed by atoms with Gasteiger partial charge in [0.25, 0.3) is 0 Å². The predicted octanol–water partition coefficient (Wildman–Crippen LogP) is 2.77. The van der Waals surface area contributed by atoms with Crippen LogP contribution in [0.4, 0.5) is 0 Å². The highest BCUT2D eigenvalue weighted by Gasteiger charge is 2.26. The van der Waals surface area contributed by atoms with Gasteiger partial charge in [-0.25, -0.2) is 4.68 Å². The van der Waals surface area contributed by atoms with E-state index in [0.717, 1.165) is 4.68 Å². The molecule has 0 radical (unpaired) electrons. The quantitative estimate of drug-likeness (QED) is 0.657. The fourth-order valence-corrected chi connectivity index (χ4v) is 2.58. The molecule has 0 saturated carbocycles. The van der Waals surface area contributed by atoms with Gasteiger partial charge in [-0.3, -0.25) is 9.59 Å². The lowest BCUT2D eigenvalue weighted by molar-refractivity contribution is -0.142. The molecule has 2 aromatic rings. The van der Waals surface area contributed by atoms with Gasteiger partial charge in [0.15, 0.2) is 0 Å². The van der Waals surface area contributed by atoms with Crippen LogP contribution in [-0.2, 0) is 23.0 Å². The number of nitrogens with zero attached hydrogens (tertiary/aromatic N) is 2. The predicted molar refractivity (Wildman–Crippen MR) is 85.1 cm³/mol. The number of halogens is 2. The number of ketones is 1. The van der Waals surface area contributed by atoms with E-state index >= 15 is 0 Å². The fourth-order valence-electron chi connectivity index (χ4n) is 2.08. The number of ether oxygens (including phenoxy) is 1. The first-order chi connectivity index (χ1) is 10.8. The minimum atomic E-state index is -0.545. The van der Waals surface area contributed by atoms with Crippen LogP contribution < -0.4 is 0 Å². The molecule has 0 bridgehead atoms. The average Bonchev–Trinajstić information content (AvgIpc) is 2.73. The molecule has 122 valence electrons. The Kier molecular flexibility index (Phi) is 5.28. The molecular formula is C15H14Cl2N2O4. The highest BCUT2D eigenvalue weighted by molar-refractivity contribution is 6.37. The number of rotatable bonds is 5. The van der Waals surface area contributed by atoms with E-state index in [1.165, 1.54) is 25.2 Å². The molecule has 0 fully saturated rings. The number of aryl methyl sites for hydroxylation is 1. The second-order valence-electron chi connectivity index (χ2n) is 4.70. The molecule has 0 atom stereocenters. The maximum atomic E-state index is 12.7. The van der Waals surface area contributed by atoms with Crippen molar-refractivity contribution in [3.63, 3.8) is 0 Å². The molecule has 0 spiro atoms. The van der Waals surface area contributed by atoms with Crippen LogP contribution in [0.15, 0.2) is 18.2 Å². The van der Waals surface area contributed by atoms with Gasteiger partial charge >= 0.3 is 5.97 Å². The van der Waals surface area contributed by atoms with Crippen LogP contribution in [0.5, 0.6) is 5.88 Å². The van der Waals surface area contributed by atoms with E-state index in [1.807, 2.05) is 0 Å². The van der Waals surface area contributed by atoms with Crippen molar-refractivity contribution in [1.82, 2.24) is 9.78 Å². The topological polar surface area (TPSA) is 81.4 Å². The second-order valence-corrected chi connectivity index (χ2v) is 5.55. The maximum Gasteiger partial charge on any atom is 0.311 e. The van der Waals surface area contributed by atoms with Crippen molar-refractivity contribution >= 4 is 35.0 Å². The van der Waals surface area contributed by atoms with Crippen LogP contribution in [0.3, 0.4) is 0 Å². The van der Waals surface area contributed by atoms with Crippen molar-refractivity contribution in [1.29, 1.82) is 0 Å². The number of hydrogen-bond donors (Lipinski definition) is 1. The molecule has 0 unspecified atom stereocenters. The fraction of sp³-hybridized carbons (Fsp3) is 0.267. The Bertz CT molecular complexity index is 771. The Hall–Kier alpha value is -2.05. The number of esters is 1. The van der Waals surface area contributed by atoms with Gasteiger partial charge in [0.2, 0.25) is 11.7 Å². The number of hydrogen-bond acceptors (Lipinski definition) is 5. The average molecular weight is 357 g/mol. The largest absolute Gasteiger partial charge is 0.493 e. The number of aromatic nitrogens is 2. The molecule has 2 rings (SSSR count). The summed E-state index contributed by atoms with van der Waals surface area (Å²) in [7, 11) is 1.46. The SMILES string of the molecule is CCOC(=O)Cc1nn(C)c(O)c1C(=O)c1ccc(Cl)cc1Cl. The minimum absolute atomic E-state index is 0.0789. The summed E-state index contributed by atoms with van der Waals surface area (Å²) in [4.78, 5) is 24.3. The van der Waals surface area contributed by atoms with E-state index in [2.05, 4.69) is 5.10 Å². The molecule has 23 heavy (non-hydrogen) atoms. The Morgan fingerprint density at radius 3 is 2.65 bits per heavy atom. The summed E-state index contributed by atoms with van der Waals surface area (Å²) in [5, 5.41) is 14.6. The molecule has 1 aromatic carbocycles. The van der Waals surface area contributed by atoms with Gasteiger partial charge in [-0.15, -0.1) is 0 Å². The van der Waals surface area contributed by atoms with Gasteiger partial charge < -0.3 is 9.84 Å². The first-order valence-corrected chi connectivity index (χ1v) is 7.51. The van der Waals surface area contributed by atoms with Crippen LogP contribution in [0, 0.1) is 0 Å². The van der Waals surface area contributed by atoms with E-state index in [1.54, 1.807) is 6.92 Å². The first-order valence-electron chi connectivity index (χ1n) is 6.75. The van der Waals surface area contributed by atoms with Crippen LogP contribution in [0.2, 0.25) is 10.0 Å². The number of aromatic hydroxyl groups is 1. The summed E-state index contributed by atoms with van der Waals surface area (Å²) in [6.45, 7) is 1.89. The van der Waals surface area contributed by atoms with Crippen LogP contribution >= 0.6 is 23.2 Å². The van der Waals surface area contributed by atoms with E-state index < -0.39 is 11.8 Å². The maximum absolute atomic E-state index is 12.7. The molecule has 1 aromatic heterocycles. The Morgan fingerprint density at radius 2 is 2.04 bits per heavy atom. The summed E-state index contributed by atoms with van der Waals surface area (Å²) in [6, 6.07) is 4.39. The summed E-state index contributed by atoms with van der Waals surface area (Å²) in [5.41, 5.74) is 0.203. The van der Waals surface area contributed by atoms with Gasteiger partial charge in [0.1, 0.15) is 5.56 Å². The van der Waals surface area contributed by atoms with Crippen molar-refractivity contribution in [3.05, 3.63) is 45.1 Å². The van der Waals surface area contributed by atoms with Crippen molar-refractivity contribution in [2.24, 2.45) is 7.05 Å². The Morgan fingerprint density at radius 1 is 1.35 bits per heavy atom. The highest BCUT2D eigenvalue weighted by Crippen LogP contribution is 2.29. The molecule has 6 nitrogen and oxygen atoms in total. The monoisotopic (exact) mass is 356 g/mol. The second kappa shape index (κ2) is 7.02. The summed E-state index contributed by atoms with van der Waals surface area (Å²) >= 11 is 11.9. The zero-order chi connectivity index (χ0) is 17.1. The highest BCUT2D eigenvalue weighted by atomic mass is 35.5. The Labute approximate surface area is 142 Å². The van der Waals surface area contributed by atoms with Gasteiger partial charge in [-0.2, -0.15) is 5.10 Å². The molecule has 0 aliphatic heterocycles. The standard InChI is InChI=1S/C15H14Cl2N2O4/c1-3-23-12(20)7-11-13(15(22)19(2)18-11)14(21)9-5-4-8(16)6-10(9)17/h4-6,22H,3,7H2,1-2H3. The lowest BCUT2D eigenvalue weighted by Crippen LogP contribution is -2.12. The zero-order valence-electron chi connectivity index (χ0n) is 12.5. The van der Waals surface area contributed by atoms with Gasteiger partial charge in [-0.1, -0.05) is 23.2 Å². The summed E-state index contributed by atoms with van der Waals surface area (Å²) < 4.78 is 5.97. The van der Waals surface area contributed by atoms with Crippen molar-refractivity contribution in [2.75, 3.05) is 6.61 Å². The van der Waals surface area contributed by atoms with E-state index in [9.17, 15) is 14.7 Å². The first kappa shape index (κ1) is 17.3. The smallest absolute Gasteiger partial charge is 0.311 e. The van der Waals surface area contributed by atoms with E-state index in [-0.39, 0.29) is 40.8 Å². The third kappa shape index (κ3) is 3.65. The molecule has 0 aliphatic rings. The van der Waals surface area contributed by atoms with Crippen molar-refractivity contribution < 1.29 is 19.4 Å². The third-order valence-corrected chi connectivity index (χ3v) is 3.66. The number of carbonyl (C=O) groups excluding carboxylic acids is 2. The number of carbonyl (C=O) groups is 2. The van der Waals surface area contributed by atoms with E-state index in [4.69, 9.17) is 27.9 Å². The van der Waals surface area contributed by atoms with Crippen LogP contribution in [0.1, 0.15) is 28.5 Å². The van der Waals surface area contributed by atoms with Gasteiger partial charge in [0, 0.05) is 17.6 Å². The molecule has 0 saturated heterocycles. The van der Waals surface area contributed by atoms with E-state index in [0.29, 0.717) is 5.02 Å².